The maximum Gasteiger partial charge on any atom is 0.0726 e. The Bertz CT molecular complexity index is 163. The third kappa shape index (κ3) is 2.66. The van der Waals surface area contributed by atoms with E-state index in [1.54, 1.807) is 0 Å². The number of hydrogen-bond donors (Lipinski definition) is 2. The first kappa shape index (κ1) is 11.0. The van der Waals surface area contributed by atoms with E-state index in [2.05, 4.69) is 26.1 Å². The van der Waals surface area contributed by atoms with Crippen LogP contribution in [0.5, 0.6) is 0 Å². The molecule has 3 heteroatoms. The Morgan fingerprint density at radius 1 is 1.69 bits per heavy atom. The summed E-state index contributed by atoms with van der Waals surface area (Å²) in [6.45, 7) is 8.21. The molecule has 0 aromatic rings. The van der Waals surface area contributed by atoms with Gasteiger partial charge in [-0.2, -0.15) is 0 Å². The summed E-state index contributed by atoms with van der Waals surface area (Å²) in [7, 11) is 0. The summed E-state index contributed by atoms with van der Waals surface area (Å²) in [6, 6.07) is 0.268. The van der Waals surface area contributed by atoms with E-state index in [0.29, 0.717) is 6.10 Å². The lowest BCUT2D eigenvalue weighted by atomic mass is 9.94. The number of nitrogens with two attached hydrogens (primary N) is 1. The zero-order valence-electron chi connectivity index (χ0n) is 8.97. The molecular formula is C10H22N2O. The molecule has 13 heavy (non-hydrogen) atoms. The van der Waals surface area contributed by atoms with Gasteiger partial charge in [-0.05, 0) is 26.7 Å². The molecule has 0 spiro atoms. The van der Waals surface area contributed by atoms with Gasteiger partial charge in [0.05, 0.1) is 6.10 Å². The van der Waals surface area contributed by atoms with Gasteiger partial charge >= 0.3 is 0 Å². The van der Waals surface area contributed by atoms with Crippen LogP contribution >= 0.6 is 0 Å². The zero-order chi connectivity index (χ0) is 9.90. The van der Waals surface area contributed by atoms with Gasteiger partial charge < -0.3 is 15.8 Å². The van der Waals surface area contributed by atoms with Gasteiger partial charge in [0.25, 0.3) is 0 Å². The Kier molecular flexibility index (Phi) is 3.71. The second kappa shape index (κ2) is 4.40. The van der Waals surface area contributed by atoms with Crippen molar-refractivity contribution in [3.8, 4) is 0 Å². The average Bonchev–Trinajstić information content (AvgIpc) is 2.44. The second-order valence-electron chi connectivity index (χ2n) is 4.23. The first-order valence-electron chi connectivity index (χ1n) is 5.20. The van der Waals surface area contributed by atoms with Crippen molar-refractivity contribution in [2.24, 2.45) is 5.73 Å². The Morgan fingerprint density at radius 2 is 2.38 bits per heavy atom. The fourth-order valence-electron chi connectivity index (χ4n) is 1.58. The van der Waals surface area contributed by atoms with Gasteiger partial charge in [0, 0.05) is 24.7 Å². The van der Waals surface area contributed by atoms with Crippen LogP contribution in [0.15, 0.2) is 0 Å². The highest BCUT2D eigenvalue weighted by Crippen LogP contribution is 2.24. The van der Waals surface area contributed by atoms with Gasteiger partial charge in [-0.1, -0.05) is 6.92 Å². The topological polar surface area (TPSA) is 47.3 Å². The molecule has 3 nitrogen and oxygen atoms in total. The van der Waals surface area contributed by atoms with Gasteiger partial charge in [-0.25, -0.2) is 0 Å². The molecule has 1 heterocycles. The molecule has 78 valence electrons. The second-order valence-corrected chi connectivity index (χ2v) is 4.23. The van der Waals surface area contributed by atoms with Crippen molar-refractivity contribution in [2.75, 3.05) is 13.2 Å². The van der Waals surface area contributed by atoms with Crippen molar-refractivity contribution >= 4 is 0 Å². The van der Waals surface area contributed by atoms with Crippen LogP contribution < -0.4 is 11.1 Å². The van der Waals surface area contributed by atoms with E-state index < -0.39 is 0 Å². The van der Waals surface area contributed by atoms with Gasteiger partial charge in [-0.3, -0.25) is 0 Å². The average molecular weight is 186 g/mol. The van der Waals surface area contributed by atoms with Crippen molar-refractivity contribution in [1.29, 1.82) is 0 Å². The van der Waals surface area contributed by atoms with Crippen molar-refractivity contribution in [3.63, 3.8) is 0 Å². The summed E-state index contributed by atoms with van der Waals surface area (Å²) >= 11 is 0. The predicted molar refractivity (Wildman–Crippen MR) is 54.7 cm³/mol. The first-order valence-corrected chi connectivity index (χ1v) is 5.20. The summed E-state index contributed by atoms with van der Waals surface area (Å²) in [5.74, 6) is 0. The lowest BCUT2D eigenvalue weighted by molar-refractivity contribution is 0.0882. The number of hydrogen-bond acceptors (Lipinski definition) is 3. The van der Waals surface area contributed by atoms with Gasteiger partial charge in [0.15, 0.2) is 0 Å². The lowest BCUT2D eigenvalue weighted by Gasteiger charge is -2.30. The molecule has 1 aliphatic rings. The highest BCUT2D eigenvalue weighted by Gasteiger charge is 2.36. The maximum absolute atomic E-state index is 5.85. The van der Waals surface area contributed by atoms with Crippen molar-refractivity contribution in [3.05, 3.63) is 0 Å². The van der Waals surface area contributed by atoms with Crippen LogP contribution in [0.25, 0.3) is 0 Å². The van der Waals surface area contributed by atoms with Crippen molar-refractivity contribution in [1.82, 2.24) is 5.32 Å². The molecule has 0 aromatic heterocycles. The predicted octanol–water partition coefficient (Wildman–Crippen LogP) is 0.881. The van der Waals surface area contributed by atoms with E-state index in [1.807, 2.05) is 0 Å². The normalized spacial score (nSPS) is 36.5. The molecule has 0 bridgehead atoms. The van der Waals surface area contributed by atoms with Crippen LogP contribution in [0.1, 0.15) is 33.6 Å². The molecule has 0 saturated carbocycles. The highest BCUT2D eigenvalue weighted by molar-refractivity contribution is 4.94. The summed E-state index contributed by atoms with van der Waals surface area (Å²) < 4.78 is 5.53. The van der Waals surface area contributed by atoms with Crippen LogP contribution in [0.4, 0.5) is 0 Å². The summed E-state index contributed by atoms with van der Waals surface area (Å²) in [5, 5.41) is 3.51. The smallest absolute Gasteiger partial charge is 0.0726 e. The van der Waals surface area contributed by atoms with Crippen molar-refractivity contribution in [2.45, 2.75) is 51.3 Å². The Hall–Kier alpha value is -0.120. The van der Waals surface area contributed by atoms with Crippen LogP contribution in [0.3, 0.4) is 0 Å². The zero-order valence-corrected chi connectivity index (χ0v) is 8.97. The van der Waals surface area contributed by atoms with Gasteiger partial charge in [0.1, 0.15) is 0 Å². The number of rotatable bonds is 4. The van der Waals surface area contributed by atoms with E-state index in [0.717, 1.165) is 26.0 Å². The molecular weight excluding hydrogens is 164 g/mol. The summed E-state index contributed by atoms with van der Waals surface area (Å²) in [5.41, 5.74) is 5.98. The number of nitrogens with one attached hydrogen (secondary N) is 1. The fourth-order valence-corrected chi connectivity index (χ4v) is 1.58. The third-order valence-corrected chi connectivity index (χ3v) is 3.18. The van der Waals surface area contributed by atoms with E-state index in [4.69, 9.17) is 10.5 Å². The van der Waals surface area contributed by atoms with Gasteiger partial charge in [0.2, 0.25) is 0 Å². The Labute approximate surface area is 81.0 Å². The minimum absolute atomic E-state index is 0.132. The molecule has 1 fully saturated rings. The minimum atomic E-state index is 0.132. The SMILES string of the molecule is CCC(N)CNC1(C)CCOC1C. The molecule has 1 rings (SSSR count). The molecule has 0 aliphatic carbocycles. The molecule has 3 unspecified atom stereocenters. The minimum Gasteiger partial charge on any atom is -0.377 e. The van der Waals surface area contributed by atoms with Crippen LogP contribution in [0, 0.1) is 0 Å². The lowest BCUT2D eigenvalue weighted by Crippen LogP contribution is -2.51. The number of ether oxygens (including phenoxy) is 1. The maximum atomic E-state index is 5.85. The molecule has 0 radical (unpaired) electrons. The largest absolute Gasteiger partial charge is 0.377 e. The summed E-state index contributed by atoms with van der Waals surface area (Å²) in [4.78, 5) is 0. The van der Waals surface area contributed by atoms with E-state index >= 15 is 0 Å². The Balaban J connectivity index is 2.34. The first-order chi connectivity index (χ1) is 6.08. The Morgan fingerprint density at radius 3 is 2.85 bits per heavy atom. The third-order valence-electron chi connectivity index (χ3n) is 3.18. The molecule has 1 aliphatic heterocycles. The van der Waals surface area contributed by atoms with E-state index in [-0.39, 0.29) is 11.6 Å². The van der Waals surface area contributed by atoms with Crippen LogP contribution in [0.2, 0.25) is 0 Å². The monoisotopic (exact) mass is 186 g/mol. The van der Waals surface area contributed by atoms with E-state index in [9.17, 15) is 0 Å². The fraction of sp³-hybridized carbons (Fsp3) is 1.00. The quantitative estimate of drug-likeness (QED) is 0.685. The van der Waals surface area contributed by atoms with E-state index in [1.165, 1.54) is 0 Å². The molecule has 0 aromatic carbocycles. The molecule has 3 N–H and O–H groups in total. The van der Waals surface area contributed by atoms with Crippen LogP contribution in [-0.2, 0) is 4.74 Å². The summed E-state index contributed by atoms with van der Waals surface area (Å²) in [6.07, 6.45) is 2.42. The molecule has 0 amide bonds. The standard InChI is InChI=1S/C10H22N2O/c1-4-9(11)7-12-10(3)5-6-13-8(10)2/h8-9,12H,4-7,11H2,1-3H3. The van der Waals surface area contributed by atoms with Crippen molar-refractivity contribution < 1.29 is 4.74 Å². The van der Waals surface area contributed by atoms with Crippen LogP contribution in [-0.4, -0.2) is 30.8 Å². The molecule has 1 saturated heterocycles. The molecule has 3 atom stereocenters. The highest BCUT2D eigenvalue weighted by atomic mass is 16.5. The van der Waals surface area contributed by atoms with Gasteiger partial charge in [-0.15, -0.1) is 0 Å².